The first-order valence-corrected chi connectivity index (χ1v) is 8.87. The van der Waals surface area contributed by atoms with E-state index in [9.17, 15) is 19.1 Å². The van der Waals surface area contributed by atoms with E-state index in [0.29, 0.717) is 18.5 Å². The standard InChI is InChI=1S/C21H22FNO4/c1-27-19-9-7-14(11-18(19)22)8-10-20(24)23-12-16(17(13-23)21(25)26)15-5-3-2-4-6-15/h2-7,9,11,16-17H,8,10,12-13H2,1H3,(H,25,26)/t16-,17-/m0/s1. The molecular formula is C21H22FNO4. The molecule has 0 radical (unpaired) electrons. The number of carboxylic acids is 1. The average Bonchev–Trinajstić information content (AvgIpc) is 3.13. The van der Waals surface area contributed by atoms with E-state index in [2.05, 4.69) is 0 Å². The third kappa shape index (κ3) is 4.27. The second-order valence-corrected chi connectivity index (χ2v) is 6.73. The fourth-order valence-corrected chi connectivity index (χ4v) is 3.57. The van der Waals surface area contributed by atoms with E-state index in [1.807, 2.05) is 30.3 Å². The summed E-state index contributed by atoms with van der Waals surface area (Å²) in [6.45, 7) is 0.585. The van der Waals surface area contributed by atoms with Crippen LogP contribution in [0.2, 0.25) is 0 Å². The van der Waals surface area contributed by atoms with Crippen molar-refractivity contribution >= 4 is 11.9 Å². The molecule has 1 amide bonds. The van der Waals surface area contributed by atoms with Crippen molar-refractivity contribution < 1.29 is 23.8 Å². The number of rotatable bonds is 6. The van der Waals surface area contributed by atoms with Gasteiger partial charge in [-0.3, -0.25) is 9.59 Å². The number of amides is 1. The lowest BCUT2D eigenvalue weighted by Gasteiger charge is -2.16. The molecule has 1 saturated heterocycles. The van der Waals surface area contributed by atoms with Gasteiger partial charge >= 0.3 is 5.97 Å². The number of carbonyl (C=O) groups excluding carboxylic acids is 1. The van der Waals surface area contributed by atoms with Crippen LogP contribution in [0.15, 0.2) is 48.5 Å². The Morgan fingerprint density at radius 1 is 1.19 bits per heavy atom. The highest BCUT2D eigenvalue weighted by atomic mass is 19.1. The van der Waals surface area contributed by atoms with Gasteiger partial charge in [-0.15, -0.1) is 0 Å². The highest BCUT2D eigenvalue weighted by Crippen LogP contribution is 2.33. The van der Waals surface area contributed by atoms with Crippen molar-refractivity contribution in [3.63, 3.8) is 0 Å². The molecule has 1 fully saturated rings. The van der Waals surface area contributed by atoms with Crippen molar-refractivity contribution in [2.24, 2.45) is 5.92 Å². The minimum atomic E-state index is -0.892. The van der Waals surface area contributed by atoms with Gasteiger partial charge < -0.3 is 14.7 Å². The molecule has 2 atom stereocenters. The molecule has 0 aliphatic carbocycles. The molecule has 1 N–H and O–H groups in total. The van der Waals surface area contributed by atoms with Crippen molar-refractivity contribution in [1.29, 1.82) is 0 Å². The van der Waals surface area contributed by atoms with Crippen LogP contribution in [0, 0.1) is 11.7 Å². The lowest BCUT2D eigenvalue weighted by Crippen LogP contribution is -2.30. The fraction of sp³-hybridized carbons (Fsp3) is 0.333. The number of hydrogen-bond donors (Lipinski definition) is 1. The average molecular weight is 371 g/mol. The molecule has 0 bridgehead atoms. The predicted octanol–water partition coefficient (Wildman–Crippen LogP) is 3.09. The Labute approximate surface area is 157 Å². The molecule has 0 aromatic heterocycles. The van der Waals surface area contributed by atoms with Gasteiger partial charge in [-0.25, -0.2) is 4.39 Å². The van der Waals surface area contributed by atoms with Gasteiger partial charge in [0.15, 0.2) is 11.6 Å². The van der Waals surface area contributed by atoms with E-state index in [-0.39, 0.29) is 30.5 Å². The normalized spacial score (nSPS) is 19.1. The van der Waals surface area contributed by atoms with E-state index in [4.69, 9.17) is 4.74 Å². The quantitative estimate of drug-likeness (QED) is 0.847. The Morgan fingerprint density at radius 3 is 2.56 bits per heavy atom. The van der Waals surface area contributed by atoms with Gasteiger partial charge in [0.25, 0.3) is 0 Å². The summed E-state index contributed by atoms with van der Waals surface area (Å²) in [5.74, 6) is -2.13. The van der Waals surface area contributed by atoms with Gasteiger partial charge in [-0.2, -0.15) is 0 Å². The number of methoxy groups -OCH3 is 1. The van der Waals surface area contributed by atoms with Crippen molar-refractivity contribution in [2.75, 3.05) is 20.2 Å². The van der Waals surface area contributed by atoms with Crippen LogP contribution >= 0.6 is 0 Å². The molecule has 27 heavy (non-hydrogen) atoms. The van der Waals surface area contributed by atoms with E-state index in [1.54, 1.807) is 11.0 Å². The topological polar surface area (TPSA) is 66.8 Å². The number of benzene rings is 2. The Balaban J connectivity index is 1.65. The van der Waals surface area contributed by atoms with E-state index in [1.165, 1.54) is 19.2 Å². The van der Waals surface area contributed by atoms with Gasteiger partial charge in [0.2, 0.25) is 5.91 Å². The number of carbonyl (C=O) groups is 2. The molecule has 0 saturated carbocycles. The van der Waals surface area contributed by atoms with E-state index >= 15 is 0 Å². The molecule has 0 unspecified atom stereocenters. The minimum Gasteiger partial charge on any atom is -0.494 e. The maximum absolute atomic E-state index is 13.8. The van der Waals surface area contributed by atoms with Crippen molar-refractivity contribution in [3.8, 4) is 5.75 Å². The molecule has 2 aromatic rings. The number of aliphatic carboxylic acids is 1. The molecule has 2 aromatic carbocycles. The molecule has 1 aliphatic rings. The minimum absolute atomic E-state index is 0.115. The SMILES string of the molecule is COc1ccc(CCC(=O)N2C[C@H](C(=O)O)[C@H](c3ccccc3)C2)cc1F. The lowest BCUT2D eigenvalue weighted by molar-refractivity contribution is -0.141. The summed E-state index contributed by atoms with van der Waals surface area (Å²) in [6.07, 6.45) is 0.601. The number of likely N-dealkylation sites (tertiary alicyclic amines) is 1. The summed E-state index contributed by atoms with van der Waals surface area (Å²) in [5, 5.41) is 9.54. The molecule has 5 nitrogen and oxygen atoms in total. The van der Waals surface area contributed by atoms with Crippen LogP contribution in [0.25, 0.3) is 0 Å². The van der Waals surface area contributed by atoms with Crippen LogP contribution in [0.1, 0.15) is 23.5 Å². The summed E-state index contributed by atoms with van der Waals surface area (Å²) in [7, 11) is 1.40. The van der Waals surface area contributed by atoms with E-state index < -0.39 is 17.7 Å². The van der Waals surface area contributed by atoms with Crippen LogP contribution in [-0.2, 0) is 16.0 Å². The number of nitrogens with zero attached hydrogens (tertiary/aromatic N) is 1. The van der Waals surface area contributed by atoms with E-state index in [0.717, 1.165) is 5.56 Å². The second-order valence-electron chi connectivity index (χ2n) is 6.73. The largest absolute Gasteiger partial charge is 0.494 e. The van der Waals surface area contributed by atoms with Gasteiger partial charge in [0, 0.05) is 25.4 Å². The second kappa shape index (κ2) is 8.20. The molecule has 6 heteroatoms. The first-order valence-electron chi connectivity index (χ1n) is 8.87. The van der Waals surface area contributed by atoms with Crippen LogP contribution in [0.4, 0.5) is 4.39 Å². The Hall–Kier alpha value is -2.89. The maximum Gasteiger partial charge on any atom is 0.308 e. The van der Waals surface area contributed by atoms with Gasteiger partial charge in [-0.1, -0.05) is 36.4 Å². The van der Waals surface area contributed by atoms with Crippen molar-refractivity contribution in [2.45, 2.75) is 18.8 Å². The first kappa shape index (κ1) is 18.9. The van der Waals surface area contributed by atoms with Crippen LogP contribution < -0.4 is 4.74 Å². The number of hydrogen-bond acceptors (Lipinski definition) is 3. The molecule has 0 spiro atoms. The third-order valence-corrected chi connectivity index (χ3v) is 5.06. The van der Waals surface area contributed by atoms with Gasteiger partial charge in [-0.05, 0) is 29.7 Å². The zero-order chi connectivity index (χ0) is 19.4. The van der Waals surface area contributed by atoms with Gasteiger partial charge in [0.1, 0.15) is 0 Å². The summed E-state index contributed by atoms with van der Waals surface area (Å²) >= 11 is 0. The monoisotopic (exact) mass is 371 g/mol. The van der Waals surface area contributed by atoms with Crippen LogP contribution in [-0.4, -0.2) is 42.1 Å². The summed E-state index contributed by atoms with van der Waals surface area (Å²) < 4.78 is 18.7. The molecule has 1 heterocycles. The summed E-state index contributed by atoms with van der Waals surface area (Å²) in [5.41, 5.74) is 1.63. The molecule has 142 valence electrons. The smallest absolute Gasteiger partial charge is 0.308 e. The summed E-state index contributed by atoms with van der Waals surface area (Å²) in [4.78, 5) is 25.8. The number of ether oxygens (including phenoxy) is 1. The Morgan fingerprint density at radius 2 is 1.93 bits per heavy atom. The Kier molecular flexibility index (Phi) is 5.74. The third-order valence-electron chi connectivity index (χ3n) is 5.06. The molecule has 1 aliphatic heterocycles. The fourth-order valence-electron chi connectivity index (χ4n) is 3.57. The maximum atomic E-state index is 13.8. The Bertz CT molecular complexity index is 824. The number of halogens is 1. The van der Waals surface area contributed by atoms with Gasteiger partial charge in [0.05, 0.1) is 13.0 Å². The van der Waals surface area contributed by atoms with Crippen molar-refractivity contribution in [1.82, 2.24) is 4.90 Å². The highest BCUT2D eigenvalue weighted by molar-refractivity contribution is 5.80. The zero-order valence-corrected chi connectivity index (χ0v) is 15.1. The lowest BCUT2D eigenvalue weighted by atomic mass is 9.89. The predicted molar refractivity (Wildman–Crippen MR) is 98.2 cm³/mol. The first-order chi connectivity index (χ1) is 13.0. The summed E-state index contributed by atoms with van der Waals surface area (Å²) in [6, 6.07) is 14.0. The van der Waals surface area contributed by atoms with Crippen LogP contribution in [0.5, 0.6) is 5.75 Å². The highest BCUT2D eigenvalue weighted by Gasteiger charge is 2.40. The number of aryl methyl sites for hydroxylation is 1. The molecular weight excluding hydrogens is 349 g/mol. The van der Waals surface area contributed by atoms with Crippen LogP contribution in [0.3, 0.4) is 0 Å². The zero-order valence-electron chi connectivity index (χ0n) is 15.1. The van der Waals surface area contributed by atoms with Crippen molar-refractivity contribution in [3.05, 3.63) is 65.5 Å². The number of carboxylic acid groups (broad SMARTS) is 1. The molecule has 3 rings (SSSR count).